The fraction of sp³-hybridized carbons (Fsp3) is 0.714. The van der Waals surface area contributed by atoms with Crippen molar-refractivity contribution in [3.63, 3.8) is 0 Å². The first-order chi connectivity index (χ1) is 9.10. The molecule has 0 bridgehead atoms. The second-order valence-corrected chi connectivity index (χ2v) is 6.69. The predicted molar refractivity (Wildman–Crippen MR) is 74.3 cm³/mol. The average molecular weight is 280 g/mol. The van der Waals surface area contributed by atoms with Gasteiger partial charge in [0.1, 0.15) is 10.7 Å². The number of ether oxygens (including phenoxy) is 1. The van der Waals surface area contributed by atoms with Crippen LogP contribution in [0.25, 0.3) is 0 Å². The number of ketones is 1. The highest BCUT2D eigenvalue weighted by Crippen LogP contribution is 2.44. The topological polar surface area (TPSA) is 65.2 Å². The fourth-order valence-electron chi connectivity index (χ4n) is 2.99. The second-order valence-electron chi connectivity index (χ2n) is 5.80. The molecule has 2 N–H and O–H groups in total. The maximum Gasteiger partial charge on any atom is 0.185 e. The molecule has 2 fully saturated rings. The van der Waals surface area contributed by atoms with E-state index in [-0.39, 0.29) is 23.3 Å². The van der Waals surface area contributed by atoms with Gasteiger partial charge in [-0.1, -0.05) is 0 Å². The summed E-state index contributed by atoms with van der Waals surface area (Å²) in [6, 6.07) is -0.0980. The van der Waals surface area contributed by atoms with Gasteiger partial charge in [-0.3, -0.25) is 4.79 Å². The predicted octanol–water partition coefficient (Wildman–Crippen LogP) is 2.69. The third-order valence-electron chi connectivity index (χ3n) is 4.29. The number of carbonyl (C=O) groups excluding carboxylic acids is 1. The Hall–Kier alpha value is -0.780. The lowest BCUT2D eigenvalue weighted by Crippen LogP contribution is -2.47. The summed E-state index contributed by atoms with van der Waals surface area (Å²) in [6.45, 7) is 2.60. The normalized spacial score (nSPS) is 26.9. The smallest absolute Gasteiger partial charge is 0.185 e. The molecule has 5 heteroatoms. The molecule has 0 radical (unpaired) electrons. The molecule has 2 unspecified atom stereocenters. The van der Waals surface area contributed by atoms with Gasteiger partial charge >= 0.3 is 0 Å². The Labute approximate surface area is 117 Å². The lowest BCUT2D eigenvalue weighted by Gasteiger charge is -2.46. The van der Waals surface area contributed by atoms with Crippen molar-refractivity contribution >= 4 is 17.1 Å². The molecule has 1 saturated heterocycles. The maximum absolute atomic E-state index is 12.5. The Kier molecular flexibility index (Phi) is 3.45. The van der Waals surface area contributed by atoms with Crippen molar-refractivity contribution in [2.24, 2.45) is 11.7 Å². The lowest BCUT2D eigenvalue weighted by molar-refractivity contribution is -0.137. The van der Waals surface area contributed by atoms with Crippen LogP contribution in [-0.2, 0) is 4.74 Å². The van der Waals surface area contributed by atoms with E-state index in [1.807, 2.05) is 12.3 Å². The number of nitrogens with zero attached hydrogens (tertiary/aromatic N) is 1. The first-order valence-electron chi connectivity index (χ1n) is 6.99. The van der Waals surface area contributed by atoms with Crippen molar-refractivity contribution < 1.29 is 9.53 Å². The van der Waals surface area contributed by atoms with Crippen LogP contribution >= 0.6 is 11.3 Å². The van der Waals surface area contributed by atoms with Crippen molar-refractivity contribution in [2.75, 3.05) is 6.61 Å². The van der Waals surface area contributed by atoms with Crippen molar-refractivity contribution in [3.05, 3.63) is 16.1 Å². The third-order valence-corrected chi connectivity index (χ3v) is 5.34. The van der Waals surface area contributed by atoms with E-state index in [1.54, 1.807) is 0 Å². The van der Waals surface area contributed by atoms with Crippen LogP contribution < -0.4 is 5.73 Å². The number of rotatable bonds is 3. The van der Waals surface area contributed by atoms with Crippen LogP contribution in [-0.4, -0.2) is 23.0 Å². The number of hydrogen-bond acceptors (Lipinski definition) is 5. The van der Waals surface area contributed by atoms with E-state index < -0.39 is 0 Å². The van der Waals surface area contributed by atoms with Gasteiger partial charge < -0.3 is 10.5 Å². The van der Waals surface area contributed by atoms with Crippen LogP contribution in [0.2, 0.25) is 0 Å². The van der Waals surface area contributed by atoms with Crippen molar-refractivity contribution in [2.45, 2.75) is 50.7 Å². The second kappa shape index (κ2) is 4.96. The van der Waals surface area contributed by atoms with E-state index in [2.05, 4.69) is 4.98 Å². The molecular weight excluding hydrogens is 260 g/mol. The molecule has 2 heterocycles. The fourth-order valence-corrected chi connectivity index (χ4v) is 3.76. The SMILES string of the molecule is CC(N)c1nc(C(=O)C2CCOC3(CCC3)C2)cs1. The summed E-state index contributed by atoms with van der Waals surface area (Å²) in [5, 5.41) is 2.69. The van der Waals surface area contributed by atoms with E-state index in [0.29, 0.717) is 12.3 Å². The van der Waals surface area contributed by atoms with Gasteiger partial charge in [-0.15, -0.1) is 11.3 Å². The van der Waals surface area contributed by atoms with Crippen LogP contribution in [0.4, 0.5) is 0 Å². The standard InChI is InChI=1S/C14H20N2O2S/c1-9(15)13-16-11(8-19-13)12(17)10-3-6-18-14(7-10)4-2-5-14/h8-10H,2-7,15H2,1H3. The molecule has 1 spiro atoms. The van der Waals surface area contributed by atoms with Gasteiger partial charge in [0.25, 0.3) is 0 Å². The Morgan fingerprint density at radius 3 is 3.00 bits per heavy atom. The summed E-state index contributed by atoms with van der Waals surface area (Å²) < 4.78 is 5.87. The van der Waals surface area contributed by atoms with E-state index in [1.165, 1.54) is 17.8 Å². The van der Waals surface area contributed by atoms with E-state index in [4.69, 9.17) is 10.5 Å². The first-order valence-corrected chi connectivity index (χ1v) is 7.87. The number of Topliss-reactive ketones (excluding diaryl/α,β-unsaturated/α-hetero) is 1. The molecular formula is C14H20N2O2S. The average Bonchev–Trinajstić information content (AvgIpc) is 2.86. The molecule has 1 aromatic rings. The van der Waals surface area contributed by atoms with Gasteiger partial charge in [-0.2, -0.15) is 0 Å². The summed E-state index contributed by atoms with van der Waals surface area (Å²) in [5.41, 5.74) is 6.40. The van der Waals surface area contributed by atoms with Gasteiger partial charge in [0, 0.05) is 17.9 Å². The molecule has 1 aliphatic heterocycles. The number of aromatic nitrogens is 1. The van der Waals surface area contributed by atoms with Crippen LogP contribution in [0, 0.1) is 5.92 Å². The van der Waals surface area contributed by atoms with Crippen molar-refractivity contribution in [3.8, 4) is 0 Å². The monoisotopic (exact) mass is 280 g/mol. The Bertz CT molecular complexity index is 480. The molecule has 1 saturated carbocycles. The van der Waals surface area contributed by atoms with Gasteiger partial charge in [-0.25, -0.2) is 4.98 Å². The largest absolute Gasteiger partial charge is 0.375 e. The van der Waals surface area contributed by atoms with Crippen molar-refractivity contribution in [1.29, 1.82) is 0 Å². The summed E-state index contributed by atoms with van der Waals surface area (Å²) in [6.07, 6.45) is 5.15. The van der Waals surface area contributed by atoms with Crippen LogP contribution in [0.1, 0.15) is 60.6 Å². The zero-order chi connectivity index (χ0) is 13.5. The summed E-state index contributed by atoms with van der Waals surface area (Å²) >= 11 is 1.48. The zero-order valence-corrected chi connectivity index (χ0v) is 12.0. The first kappa shape index (κ1) is 13.2. The molecule has 19 heavy (non-hydrogen) atoms. The molecule has 2 atom stereocenters. The highest BCUT2D eigenvalue weighted by Gasteiger charge is 2.44. The maximum atomic E-state index is 12.5. The summed E-state index contributed by atoms with van der Waals surface area (Å²) in [4.78, 5) is 16.9. The number of carbonyl (C=O) groups is 1. The molecule has 0 amide bonds. The minimum Gasteiger partial charge on any atom is -0.375 e. The van der Waals surface area contributed by atoms with Crippen LogP contribution in [0.5, 0.6) is 0 Å². The van der Waals surface area contributed by atoms with Crippen molar-refractivity contribution in [1.82, 2.24) is 4.98 Å². The number of hydrogen-bond donors (Lipinski definition) is 1. The summed E-state index contributed by atoms with van der Waals surface area (Å²) in [5.74, 6) is 0.259. The van der Waals surface area contributed by atoms with Crippen LogP contribution in [0.15, 0.2) is 5.38 Å². The van der Waals surface area contributed by atoms with Gasteiger partial charge in [-0.05, 0) is 39.0 Å². The highest BCUT2D eigenvalue weighted by molar-refractivity contribution is 7.09. The quantitative estimate of drug-likeness (QED) is 0.865. The van der Waals surface area contributed by atoms with Gasteiger partial charge in [0.2, 0.25) is 0 Å². The minimum atomic E-state index is -0.0980. The summed E-state index contributed by atoms with van der Waals surface area (Å²) in [7, 11) is 0. The van der Waals surface area contributed by atoms with Gasteiger partial charge in [0.05, 0.1) is 11.6 Å². The number of thiazole rings is 1. The minimum absolute atomic E-state index is 0.0125. The Balaban J connectivity index is 1.72. The Morgan fingerprint density at radius 1 is 1.63 bits per heavy atom. The molecule has 3 rings (SSSR count). The van der Waals surface area contributed by atoms with E-state index >= 15 is 0 Å². The molecule has 4 nitrogen and oxygen atoms in total. The highest BCUT2D eigenvalue weighted by atomic mass is 32.1. The Morgan fingerprint density at radius 2 is 2.42 bits per heavy atom. The lowest BCUT2D eigenvalue weighted by atomic mass is 9.71. The molecule has 1 aliphatic carbocycles. The van der Waals surface area contributed by atoms with E-state index in [0.717, 1.165) is 30.7 Å². The van der Waals surface area contributed by atoms with E-state index in [9.17, 15) is 4.79 Å². The number of nitrogens with two attached hydrogens (primary N) is 1. The molecule has 2 aliphatic rings. The molecule has 0 aromatic carbocycles. The third kappa shape index (κ3) is 2.47. The molecule has 104 valence electrons. The van der Waals surface area contributed by atoms with Gasteiger partial charge in [0.15, 0.2) is 5.78 Å². The zero-order valence-electron chi connectivity index (χ0n) is 11.2. The van der Waals surface area contributed by atoms with Crippen LogP contribution in [0.3, 0.4) is 0 Å². The molecule has 1 aromatic heterocycles.